The zero-order valence-electron chi connectivity index (χ0n) is 10.3. The van der Waals surface area contributed by atoms with Gasteiger partial charge in [0.1, 0.15) is 4.90 Å². The van der Waals surface area contributed by atoms with Crippen LogP contribution in [0.25, 0.3) is 0 Å². The molecule has 0 amide bonds. The highest BCUT2D eigenvalue weighted by Crippen LogP contribution is 2.25. The molecule has 1 aliphatic heterocycles. The van der Waals surface area contributed by atoms with Crippen LogP contribution in [0.1, 0.15) is 12.0 Å². The molecule has 1 aromatic carbocycles. The van der Waals surface area contributed by atoms with Gasteiger partial charge in [0.15, 0.2) is 0 Å². The van der Waals surface area contributed by atoms with E-state index in [1.54, 1.807) is 0 Å². The monoisotopic (exact) mass is 299 g/mol. The van der Waals surface area contributed by atoms with Crippen LogP contribution in [0, 0.1) is 11.3 Å². The second-order valence-corrected chi connectivity index (χ2v) is 6.58. The Hall–Kier alpha value is -1.13. The molecule has 2 rings (SSSR count). The first kappa shape index (κ1) is 14.3. The molecule has 102 valence electrons. The molecule has 1 N–H and O–H groups in total. The van der Waals surface area contributed by atoms with Crippen molar-refractivity contribution < 1.29 is 8.42 Å². The number of nitrogens with zero attached hydrogens (tertiary/aromatic N) is 2. The molecular weight excluding hydrogens is 286 g/mol. The molecule has 1 aliphatic rings. The van der Waals surface area contributed by atoms with Crippen molar-refractivity contribution in [3.63, 3.8) is 0 Å². The van der Waals surface area contributed by atoms with Crippen LogP contribution in [0.4, 0.5) is 0 Å². The van der Waals surface area contributed by atoms with Gasteiger partial charge in [-0.1, -0.05) is 11.6 Å². The van der Waals surface area contributed by atoms with Crippen molar-refractivity contribution in [1.82, 2.24) is 9.62 Å². The fraction of sp³-hybridized carbons (Fsp3) is 0.417. The van der Waals surface area contributed by atoms with Gasteiger partial charge in [-0.25, -0.2) is 8.42 Å². The zero-order chi connectivity index (χ0) is 13.9. The summed E-state index contributed by atoms with van der Waals surface area (Å²) in [6.45, 7) is 2.35. The molecule has 5 nitrogen and oxygen atoms in total. The maximum Gasteiger partial charge on any atom is 0.244 e. The van der Waals surface area contributed by atoms with Crippen molar-refractivity contribution in [3.8, 4) is 6.07 Å². The van der Waals surface area contributed by atoms with Gasteiger partial charge in [0.25, 0.3) is 0 Å². The number of halogens is 1. The van der Waals surface area contributed by atoms with Crippen molar-refractivity contribution in [1.29, 1.82) is 5.26 Å². The maximum atomic E-state index is 12.5. The summed E-state index contributed by atoms with van der Waals surface area (Å²) < 4.78 is 26.4. The zero-order valence-corrected chi connectivity index (χ0v) is 11.8. The molecule has 0 bridgehead atoms. The van der Waals surface area contributed by atoms with Gasteiger partial charge in [-0.05, 0) is 31.2 Å². The van der Waals surface area contributed by atoms with Gasteiger partial charge in [-0.3, -0.25) is 0 Å². The molecule has 1 saturated heterocycles. The summed E-state index contributed by atoms with van der Waals surface area (Å²) in [5.74, 6) is 0. The van der Waals surface area contributed by atoms with E-state index in [0.717, 1.165) is 13.0 Å². The third-order valence-corrected chi connectivity index (χ3v) is 5.36. The Morgan fingerprint density at radius 1 is 1.32 bits per heavy atom. The van der Waals surface area contributed by atoms with Gasteiger partial charge in [0.05, 0.1) is 16.7 Å². The lowest BCUT2D eigenvalue weighted by molar-refractivity contribution is 0.432. The summed E-state index contributed by atoms with van der Waals surface area (Å²) >= 11 is 5.98. The normalized spacial score (nSPS) is 17.7. The number of benzene rings is 1. The molecule has 0 radical (unpaired) electrons. The molecule has 0 aromatic heterocycles. The average molecular weight is 300 g/mol. The lowest BCUT2D eigenvalue weighted by atomic mass is 10.2. The van der Waals surface area contributed by atoms with Crippen molar-refractivity contribution in [2.24, 2.45) is 0 Å². The molecule has 19 heavy (non-hydrogen) atoms. The van der Waals surface area contributed by atoms with Crippen LogP contribution in [0.15, 0.2) is 23.1 Å². The Morgan fingerprint density at radius 2 is 2.11 bits per heavy atom. The summed E-state index contributed by atoms with van der Waals surface area (Å²) in [4.78, 5) is 0.0649. The Morgan fingerprint density at radius 3 is 2.79 bits per heavy atom. The number of hydrogen-bond acceptors (Lipinski definition) is 4. The van der Waals surface area contributed by atoms with Gasteiger partial charge >= 0.3 is 0 Å². The van der Waals surface area contributed by atoms with Gasteiger partial charge in [-0.15, -0.1) is 0 Å². The van der Waals surface area contributed by atoms with Crippen LogP contribution in [0.3, 0.4) is 0 Å². The molecule has 1 fully saturated rings. The molecule has 1 heterocycles. The van der Waals surface area contributed by atoms with E-state index >= 15 is 0 Å². The van der Waals surface area contributed by atoms with E-state index < -0.39 is 10.0 Å². The molecule has 0 saturated carbocycles. The second kappa shape index (κ2) is 5.88. The lowest BCUT2D eigenvalue weighted by Gasteiger charge is -2.20. The van der Waals surface area contributed by atoms with E-state index in [-0.39, 0.29) is 9.92 Å². The third kappa shape index (κ3) is 3.07. The Labute approximate surface area is 117 Å². The number of rotatable bonds is 2. The minimum Gasteiger partial charge on any atom is -0.315 e. The Balaban J connectivity index is 2.36. The maximum absolute atomic E-state index is 12.5. The van der Waals surface area contributed by atoms with E-state index in [0.29, 0.717) is 25.2 Å². The molecule has 7 heteroatoms. The van der Waals surface area contributed by atoms with E-state index in [1.165, 1.54) is 22.5 Å². The number of nitriles is 1. The second-order valence-electron chi connectivity index (χ2n) is 4.26. The molecule has 1 aromatic rings. The molecule has 0 spiro atoms. The quantitative estimate of drug-likeness (QED) is 0.890. The number of sulfonamides is 1. The van der Waals surface area contributed by atoms with E-state index in [1.807, 2.05) is 6.07 Å². The summed E-state index contributed by atoms with van der Waals surface area (Å²) in [7, 11) is -3.59. The molecule has 0 unspecified atom stereocenters. The minimum absolute atomic E-state index is 0.0649. The number of nitrogens with one attached hydrogen (secondary N) is 1. The molecular formula is C12H14ClN3O2S. The van der Waals surface area contributed by atoms with E-state index in [4.69, 9.17) is 16.9 Å². The minimum atomic E-state index is -3.59. The Bertz CT molecular complexity index is 602. The van der Waals surface area contributed by atoms with Gasteiger partial charge in [0, 0.05) is 19.6 Å². The standard InChI is InChI=1S/C12H14ClN3O2S/c13-11-8-10(9-14)2-3-12(11)19(17,18)16-6-1-4-15-5-7-16/h2-3,8,15H,1,4-7H2. The summed E-state index contributed by atoms with van der Waals surface area (Å²) in [5.41, 5.74) is 0.349. The lowest BCUT2D eigenvalue weighted by Crippen LogP contribution is -2.34. The van der Waals surface area contributed by atoms with Crippen LogP contribution in [-0.4, -0.2) is 38.9 Å². The first-order valence-electron chi connectivity index (χ1n) is 5.96. The predicted molar refractivity (Wildman–Crippen MR) is 72.4 cm³/mol. The smallest absolute Gasteiger partial charge is 0.244 e. The SMILES string of the molecule is N#Cc1ccc(S(=O)(=O)N2CCCNCC2)c(Cl)c1. The third-order valence-electron chi connectivity index (χ3n) is 2.98. The van der Waals surface area contributed by atoms with Crippen LogP contribution in [0.5, 0.6) is 0 Å². The van der Waals surface area contributed by atoms with Crippen molar-refractivity contribution in [2.45, 2.75) is 11.3 Å². The Kier molecular flexibility index (Phi) is 4.42. The summed E-state index contributed by atoms with van der Waals surface area (Å²) in [5, 5.41) is 12.0. The summed E-state index contributed by atoms with van der Waals surface area (Å²) in [6, 6.07) is 6.18. The van der Waals surface area contributed by atoms with Crippen LogP contribution >= 0.6 is 11.6 Å². The molecule has 0 atom stereocenters. The van der Waals surface area contributed by atoms with Gasteiger partial charge in [-0.2, -0.15) is 9.57 Å². The van der Waals surface area contributed by atoms with Crippen molar-refractivity contribution in [2.75, 3.05) is 26.2 Å². The fourth-order valence-electron chi connectivity index (χ4n) is 1.98. The highest BCUT2D eigenvalue weighted by atomic mass is 35.5. The average Bonchev–Trinajstić information content (AvgIpc) is 2.67. The predicted octanol–water partition coefficient (Wildman–Crippen LogP) is 1.20. The number of hydrogen-bond donors (Lipinski definition) is 1. The highest BCUT2D eigenvalue weighted by Gasteiger charge is 2.27. The van der Waals surface area contributed by atoms with Crippen LogP contribution in [-0.2, 0) is 10.0 Å². The van der Waals surface area contributed by atoms with Gasteiger partial charge in [0.2, 0.25) is 10.0 Å². The topological polar surface area (TPSA) is 73.2 Å². The van der Waals surface area contributed by atoms with Crippen molar-refractivity contribution in [3.05, 3.63) is 28.8 Å². The van der Waals surface area contributed by atoms with E-state index in [2.05, 4.69) is 5.32 Å². The fourth-order valence-corrected chi connectivity index (χ4v) is 3.98. The van der Waals surface area contributed by atoms with Crippen molar-refractivity contribution >= 4 is 21.6 Å². The van der Waals surface area contributed by atoms with Crippen LogP contribution < -0.4 is 5.32 Å². The molecule has 0 aliphatic carbocycles. The van der Waals surface area contributed by atoms with Gasteiger partial charge < -0.3 is 5.32 Å². The summed E-state index contributed by atoms with van der Waals surface area (Å²) in [6.07, 6.45) is 0.771. The largest absolute Gasteiger partial charge is 0.315 e. The van der Waals surface area contributed by atoms with E-state index in [9.17, 15) is 8.42 Å². The first-order chi connectivity index (χ1) is 9.05. The van der Waals surface area contributed by atoms with Crippen LogP contribution in [0.2, 0.25) is 5.02 Å². The highest BCUT2D eigenvalue weighted by molar-refractivity contribution is 7.89. The first-order valence-corrected chi connectivity index (χ1v) is 7.78.